The molecular formula is C18H27NO. The molecule has 1 aromatic rings. The molecule has 1 heterocycles. The highest BCUT2D eigenvalue weighted by atomic mass is 16.5. The topological polar surface area (TPSA) is 12.5 Å². The minimum absolute atomic E-state index is 0.219. The van der Waals surface area contributed by atoms with Crippen LogP contribution in [0, 0.1) is 0 Å². The van der Waals surface area contributed by atoms with Gasteiger partial charge in [0.1, 0.15) is 0 Å². The van der Waals surface area contributed by atoms with E-state index in [2.05, 4.69) is 55.2 Å². The van der Waals surface area contributed by atoms with Crippen LogP contribution in [0.1, 0.15) is 38.7 Å². The Morgan fingerprint density at radius 1 is 1.20 bits per heavy atom. The summed E-state index contributed by atoms with van der Waals surface area (Å²) in [4.78, 5) is 2.50. The molecule has 110 valence electrons. The molecule has 0 radical (unpaired) electrons. The van der Waals surface area contributed by atoms with Crippen molar-refractivity contribution in [1.29, 1.82) is 0 Å². The first-order valence-corrected chi connectivity index (χ1v) is 7.62. The summed E-state index contributed by atoms with van der Waals surface area (Å²) >= 11 is 0. The normalized spacial score (nSPS) is 16.1. The molecule has 0 aliphatic carbocycles. The number of nitrogens with zero attached hydrogens (tertiary/aromatic N) is 1. The van der Waals surface area contributed by atoms with Gasteiger partial charge in [-0.2, -0.15) is 0 Å². The van der Waals surface area contributed by atoms with Crippen LogP contribution in [0.15, 0.2) is 42.1 Å². The van der Waals surface area contributed by atoms with Crippen LogP contribution in [0.2, 0.25) is 0 Å². The smallest absolute Gasteiger partial charge is 0.0857 e. The van der Waals surface area contributed by atoms with E-state index >= 15 is 0 Å². The number of ether oxygens (including phenoxy) is 1. The van der Waals surface area contributed by atoms with Gasteiger partial charge >= 0.3 is 0 Å². The summed E-state index contributed by atoms with van der Waals surface area (Å²) in [5.74, 6) is 0. The molecule has 0 aromatic heterocycles. The molecule has 0 unspecified atom stereocenters. The highest BCUT2D eigenvalue weighted by Gasteiger charge is 2.22. The predicted octanol–water partition coefficient (Wildman–Crippen LogP) is 3.98. The molecule has 1 aromatic carbocycles. The predicted molar refractivity (Wildman–Crippen MR) is 84.9 cm³/mol. The molecule has 1 aliphatic heterocycles. The van der Waals surface area contributed by atoms with Crippen molar-refractivity contribution in [2.45, 2.75) is 38.5 Å². The lowest BCUT2D eigenvalue weighted by atomic mass is 9.81. The van der Waals surface area contributed by atoms with E-state index in [0.717, 1.165) is 19.6 Å². The molecule has 0 N–H and O–H groups in total. The van der Waals surface area contributed by atoms with E-state index in [0.29, 0.717) is 0 Å². The molecule has 1 aliphatic rings. The number of hydrogen-bond donors (Lipinski definition) is 0. The first-order chi connectivity index (χ1) is 9.63. The largest absolute Gasteiger partial charge is 0.379 e. The molecule has 20 heavy (non-hydrogen) atoms. The summed E-state index contributed by atoms with van der Waals surface area (Å²) < 4.78 is 5.32. The zero-order chi connectivity index (χ0) is 14.4. The molecule has 0 bridgehead atoms. The van der Waals surface area contributed by atoms with Gasteiger partial charge in [0, 0.05) is 25.9 Å². The van der Waals surface area contributed by atoms with E-state index in [-0.39, 0.29) is 5.41 Å². The third kappa shape index (κ3) is 3.86. The van der Waals surface area contributed by atoms with Crippen molar-refractivity contribution < 1.29 is 4.74 Å². The van der Waals surface area contributed by atoms with Gasteiger partial charge in [-0.3, -0.25) is 0 Å². The lowest BCUT2D eigenvalue weighted by molar-refractivity contribution is 0.177. The van der Waals surface area contributed by atoms with Gasteiger partial charge in [-0.05, 0) is 30.2 Å². The van der Waals surface area contributed by atoms with E-state index in [1.807, 2.05) is 0 Å². The summed E-state index contributed by atoms with van der Waals surface area (Å²) in [6.45, 7) is 7.70. The Hall–Kier alpha value is -1.28. The van der Waals surface area contributed by atoms with E-state index in [9.17, 15) is 0 Å². The zero-order valence-electron chi connectivity index (χ0n) is 13.1. The van der Waals surface area contributed by atoms with Crippen LogP contribution in [0.5, 0.6) is 0 Å². The minimum Gasteiger partial charge on any atom is -0.379 e. The Bertz CT molecular complexity index is 436. The molecule has 2 rings (SSSR count). The standard InChI is InChI=1S/C18H27NO/c1-18(2,16-9-5-4-6-10-16)12-14-19-13-8-7-11-17(19)15-20-3/h4-6,9-11H,7-8,12-15H2,1-3H3. The second-order valence-electron chi connectivity index (χ2n) is 6.26. The second kappa shape index (κ2) is 6.94. The van der Waals surface area contributed by atoms with Crippen LogP contribution in [0.3, 0.4) is 0 Å². The molecule has 0 saturated heterocycles. The maximum Gasteiger partial charge on any atom is 0.0857 e. The van der Waals surface area contributed by atoms with Crippen LogP contribution < -0.4 is 0 Å². The van der Waals surface area contributed by atoms with Crippen molar-refractivity contribution in [3.05, 3.63) is 47.7 Å². The lowest BCUT2D eigenvalue weighted by Crippen LogP contribution is -2.33. The fourth-order valence-electron chi connectivity index (χ4n) is 2.83. The Kier molecular flexibility index (Phi) is 5.24. The lowest BCUT2D eigenvalue weighted by Gasteiger charge is -2.34. The minimum atomic E-state index is 0.219. The van der Waals surface area contributed by atoms with Gasteiger partial charge in [-0.1, -0.05) is 50.3 Å². The van der Waals surface area contributed by atoms with E-state index in [1.54, 1.807) is 7.11 Å². The first-order valence-electron chi connectivity index (χ1n) is 7.62. The maximum atomic E-state index is 5.32. The van der Waals surface area contributed by atoms with Gasteiger partial charge in [0.2, 0.25) is 0 Å². The third-order valence-electron chi connectivity index (χ3n) is 4.27. The van der Waals surface area contributed by atoms with E-state index in [1.165, 1.54) is 30.6 Å². The summed E-state index contributed by atoms with van der Waals surface area (Å²) in [6.07, 6.45) is 5.96. The maximum absolute atomic E-state index is 5.32. The zero-order valence-corrected chi connectivity index (χ0v) is 13.1. The average Bonchev–Trinajstić information content (AvgIpc) is 2.48. The molecule has 2 heteroatoms. The second-order valence-corrected chi connectivity index (χ2v) is 6.26. The molecule has 0 spiro atoms. The SMILES string of the molecule is COCC1=CCCCN1CCC(C)(C)c1ccccc1. The molecule has 0 atom stereocenters. The van der Waals surface area contributed by atoms with Gasteiger partial charge in [0.25, 0.3) is 0 Å². The fourth-order valence-corrected chi connectivity index (χ4v) is 2.83. The Morgan fingerprint density at radius 2 is 1.95 bits per heavy atom. The van der Waals surface area contributed by atoms with Crippen molar-refractivity contribution in [2.75, 3.05) is 26.8 Å². The van der Waals surface area contributed by atoms with Crippen LogP contribution in [-0.2, 0) is 10.2 Å². The van der Waals surface area contributed by atoms with Crippen LogP contribution in [0.4, 0.5) is 0 Å². The number of methoxy groups -OCH3 is 1. The number of benzene rings is 1. The molecule has 0 amide bonds. The number of allylic oxidation sites excluding steroid dienone is 1. The van der Waals surface area contributed by atoms with Gasteiger partial charge in [0.15, 0.2) is 0 Å². The van der Waals surface area contributed by atoms with Crippen molar-refractivity contribution in [1.82, 2.24) is 4.90 Å². The Balaban J connectivity index is 1.97. The summed E-state index contributed by atoms with van der Waals surface area (Å²) in [6, 6.07) is 10.8. The van der Waals surface area contributed by atoms with Crippen LogP contribution >= 0.6 is 0 Å². The molecule has 2 nitrogen and oxygen atoms in total. The number of rotatable bonds is 6. The van der Waals surface area contributed by atoms with Gasteiger partial charge in [-0.25, -0.2) is 0 Å². The highest BCUT2D eigenvalue weighted by molar-refractivity contribution is 5.23. The van der Waals surface area contributed by atoms with E-state index < -0.39 is 0 Å². The third-order valence-corrected chi connectivity index (χ3v) is 4.27. The van der Waals surface area contributed by atoms with Crippen molar-refractivity contribution in [3.63, 3.8) is 0 Å². The Labute approximate surface area is 123 Å². The summed E-state index contributed by atoms with van der Waals surface area (Å²) in [5.41, 5.74) is 3.01. The van der Waals surface area contributed by atoms with Crippen molar-refractivity contribution in [2.24, 2.45) is 0 Å². The molecular weight excluding hydrogens is 246 g/mol. The fraction of sp³-hybridized carbons (Fsp3) is 0.556. The van der Waals surface area contributed by atoms with Gasteiger partial charge in [0.05, 0.1) is 6.61 Å². The quantitative estimate of drug-likeness (QED) is 0.777. The highest BCUT2D eigenvalue weighted by Crippen LogP contribution is 2.28. The summed E-state index contributed by atoms with van der Waals surface area (Å²) in [7, 11) is 1.78. The molecule has 0 fully saturated rings. The summed E-state index contributed by atoms with van der Waals surface area (Å²) in [5, 5.41) is 0. The Morgan fingerprint density at radius 3 is 2.65 bits per heavy atom. The molecule has 0 saturated carbocycles. The van der Waals surface area contributed by atoms with Crippen molar-refractivity contribution in [3.8, 4) is 0 Å². The van der Waals surface area contributed by atoms with Crippen molar-refractivity contribution >= 4 is 0 Å². The monoisotopic (exact) mass is 273 g/mol. The van der Waals surface area contributed by atoms with Gasteiger partial charge < -0.3 is 9.64 Å². The van der Waals surface area contributed by atoms with Crippen LogP contribution in [0.25, 0.3) is 0 Å². The first kappa shape index (κ1) is 15.1. The van der Waals surface area contributed by atoms with Crippen LogP contribution in [-0.4, -0.2) is 31.7 Å². The average molecular weight is 273 g/mol. The van der Waals surface area contributed by atoms with E-state index in [4.69, 9.17) is 4.74 Å². The van der Waals surface area contributed by atoms with Gasteiger partial charge in [-0.15, -0.1) is 0 Å². The number of hydrogen-bond acceptors (Lipinski definition) is 2.